The van der Waals surface area contributed by atoms with Gasteiger partial charge in [-0.05, 0) is 33.3 Å². The number of rotatable bonds is 6. The van der Waals surface area contributed by atoms with Crippen LogP contribution in [0, 0.1) is 6.92 Å². The lowest BCUT2D eigenvalue weighted by atomic mass is 10.1. The minimum atomic E-state index is 0.0989. The Morgan fingerprint density at radius 2 is 2.31 bits per heavy atom. The van der Waals surface area contributed by atoms with Crippen LogP contribution in [0.3, 0.4) is 0 Å². The fourth-order valence-electron chi connectivity index (χ4n) is 1.69. The van der Waals surface area contributed by atoms with Gasteiger partial charge in [0, 0.05) is 31.1 Å². The van der Waals surface area contributed by atoms with Crippen LogP contribution in [0.25, 0.3) is 0 Å². The zero-order chi connectivity index (χ0) is 12.1. The van der Waals surface area contributed by atoms with Crippen LogP contribution in [-0.4, -0.2) is 21.6 Å². The van der Waals surface area contributed by atoms with Crippen molar-refractivity contribution in [1.29, 1.82) is 0 Å². The van der Waals surface area contributed by atoms with Gasteiger partial charge in [0.25, 0.3) is 0 Å². The Hall–Kier alpha value is -1.16. The second-order valence-corrected chi connectivity index (χ2v) is 4.32. The molecule has 0 amide bonds. The normalized spacial score (nSPS) is 12.8. The minimum Gasteiger partial charge on any atom is -0.328 e. The van der Waals surface area contributed by atoms with Gasteiger partial charge in [-0.2, -0.15) is 5.10 Å². The van der Waals surface area contributed by atoms with E-state index in [1.165, 1.54) is 0 Å². The number of hydrogen-bond acceptors (Lipinski definition) is 3. The smallest absolute Gasteiger partial charge is 0.138 e. The highest BCUT2D eigenvalue weighted by molar-refractivity contribution is 5.80. The first-order valence-corrected chi connectivity index (χ1v) is 5.83. The van der Waals surface area contributed by atoms with Crippen molar-refractivity contribution >= 4 is 5.78 Å². The van der Waals surface area contributed by atoms with Crippen molar-refractivity contribution in [2.75, 3.05) is 0 Å². The quantitative estimate of drug-likeness (QED) is 0.794. The van der Waals surface area contributed by atoms with Gasteiger partial charge in [-0.15, -0.1) is 0 Å². The number of nitrogens with zero attached hydrogens (tertiary/aromatic N) is 2. The number of ketones is 1. The summed E-state index contributed by atoms with van der Waals surface area (Å²) in [7, 11) is 0. The molecule has 0 aliphatic heterocycles. The predicted octanol–water partition coefficient (Wildman–Crippen LogP) is 1.45. The largest absolute Gasteiger partial charge is 0.328 e. The summed E-state index contributed by atoms with van der Waals surface area (Å²) >= 11 is 0. The van der Waals surface area contributed by atoms with Gasteiger partial charge < -0.3 is 5.73 Å². The van der Waals surface area contributed by atoms with Crippen LogP contribution >= 0.6 is 0 Å². The molecule has 1 rings (SSSR count). The lowest BCUT2D eigenvalue weighted by molar-refractivity contribution is -0.118. The Bertz CT molecular complexity index is 355. The second kappa shape index (κ2) is 5.80. The molecular formula is C12H21N3O. The predicted molar refractivity (Wildman–Crippen MR) is 64.2 cm³/mol. The third kappa shape index (κ3) is 3.77. The van der Waals surface area contributed by atoms with E-state index < -0.39 is 0 Å². The fraction of sp³-hybridized carbons (Fsp3) is 0.667. The molecule has 16 heavy (non-hydrogen) atoms. The van der Waals surface area contributed by atoms with E-state index in [4.69, 9.17) is 5.73 Å². The van der Waals surface area contributed by atoms with Crippen molar-refractivity contribution in [2.24, 2.45) is 5.73 Å². The molecule has 90 valence electrons. The van der Waals surface area contributed by atoms with Gasteiger partial charge in [0.15, 0.2) is 0 Å². The van der Waals surface area contributed by atoms with E-state index in [1.54, 1.807) is 0 Å². The zero-order valence-electron chi connectivity index (χ0n) is 10.4. The average molecular weight is 223 g/mol. The van der Waals surface area contributed by atoms with Crippen LogP contribution in [-0.2, 0) is 17.8 Å². The first-order valence-electron chi connectivity index (χ1n) is 5.83. The number of hydrogen-bond donors (Lipinski definition) is 1. The molecule has 1 atom stereocenters. The molecule has 4 heteroatoms. The van der Waals surface area contributed by atoms with Crippen molar-refractivity contribution in [3.8, 4) is 0 Å². The molecule has 0 aliphatic rings. The molecule has 0 bridgehead atoms. The van der Waals surface area contributed by atoms with Gasteiger partial charge >= 0.3 is 0 Å². The second-order valence-electron chi connectivity index (χ2n) is 4.32. The van der Waals surface area contributed by atoms with Crippen LogP contribution in [0.4, 0.5) is 0 Å². The molecule has 1 aromatic heterocycles. The van der Waals surface area contributed by atoms with Gasteiger partial charge in [-0.3, -0.25) is 9.48 Å². The van der Waals surface area contributed by atoms with Crippen LogP contribution in [0.2, 0.25) is 0 Å². The summed E-state index contributed by atoms with van der Waals surface area (Å²) in [6, 6.07) is 2.08. The summed E-state index contributed by atoms with van der Waals surface area (Å²) in [6.07, 6.45) is 1.80. The highest BCUT2D eigenvalue weighted by Gasteiger charge is 2.10. The molecule has 0 saturated heterocycles. The Balaban J connectivity index is 2.55. The van der Waals surface area contributed by atoms with Gasteiger partial charge in [-0.1, -0.05) is 0 Å². The monoisotopic (exact) mass is 223 g/mol. The van der Waals surface area contributed by atoms with Gasteiger partial charge in [0.1, 0.15) is 5.78 Å². The molecule has 0 saturated carbocycles. The van der Waals surface area contributed by atoms with E-state index in [0.717, 1.165) is 24.4 Å². The van der Waals surface area contributed by atoms with E-state index in [9.17, 15) is 4.79 Å². The van der Waals surface area contributed by atoms with Gasteiger partial charge in [0.2, 0.25) is 0 Å². The Labute approximate surface area is 96.8 Å². The molecule has 1 heterocycles. The minimum absolute atomic E-state index is 0.0989. The van der Waals surface area contributed by atoms with Crippen molar-refractivity contribution in [3.63, 3.8) is 0 Å². The molecule has 2 N–H and O–H groups in total. The summed E-state index contributed by atoms with van der Waals surface area (Å²) in [6.45, 7) is 6.71. The molecule has 1 unspecified atom stereocenters. The zero-order valence-corrected chi connectivity index (χ0v) is 10.4. The summed E-state index contributed by atoms with van der Waals surface area (Å²) in [4.78, 5) is 11.7. The average Bonchev–Trinajstić information content (AvgIpc) is 2.55. The maximum Gasteiger partial charge on any atom is 0.138 e. The summed E-state index contributed by atoms with van der Waals surface area (Å²) in [5.41, 5.74) is 7.60. The van der Waals surface area contributed by atoms with E-state index in [-0.39, 0.29) is 11.8 Å². The van der Waals surface area contributed by atoms with E-state index in [2.05, 4.69) is 5.10 Å². The molecular weight excluding hydrogens is 202 g/mol. The SMILES string of the molecule is CCn1nc(C)cc1CC(=O)CCC(C)N. The maximum absolute atomic E-state index is 11.7. The number of aromatic nitrogens is 2. The Morgan fingerprint density at radius 3 is 2.88 bits per heavy atom. The van der Waals surface area contributed by atoms with Crippen LogP contribution in [0.15, 0.2) is 6.07 Å². The number of carbonyl (C=O) groups is 1. The summed E-state index contributed by atoms with van der Waals surface area (Å²) < 4.78 is 1.89. The number of Topliss-reactive ketones (excluding diaryl/α,β-unsaturated/α-hetero) is 1. The third-order valence-electron chi connectivity index (χ3n) is 2.54. The fourth-order valence-corrected chi connectivity index (χ4v) is 1.69. The molecule has 0 aliphatic carbocycles. The van der Waals surface area contributed by atoms with E-state index in [1.807, 2.05) is 31.5 Å². The molecule has 0 aromatic carbocycles. The number of aryl methyl sites for hydroxylation is 2. The first kappa shape index (κ1) is 12.9. The number of carbonyl (C=O) groups excluding carboxylic acids is 1. The molecule has 4 nitrogen and oxygen atoms in total. The highest BCUT2D eigenvalue weighted by atomic mass is 16.1. The highest BCUT2D eigenvalue weighted by Crippen LogP contribution is 2.07. The lowest BCUT2D eigenvalue weighted by Crippen LogP contribution is -2.17. The number of nitrogens with two attached hydrogens (primary N) is 1. The molecule has 1 aromatic rings. The third-order valence-corrected chi connectivity index (χ3v) is 2.54. The van der Waals surface area contributed by atoms with Crippen molar-refractivity contribution in [1.82, 2.24) is 9.78 Å². The van der Waals surface area contributed by atoms with Crippen molar-refractivity contribution in [2.45, 2.75) is 52.6 Å². The summed E-state index contributed by atoms with van der Waals surface area (Å²) in [5, 5.41) is 4.32. The Morgan fingerprint density at radius 1 is 1.62 bits per heavy atom. The van der Waals surface area contributed by atoms with Gasteiger partial charge in [-0.25, -0.2) is 0 Å². The molecule has 0 spiro atoms. The summed E-state index contributed by atoms with van der Waals surface area (Å²) in [5.74, 6) is 0.243. The van der Waals surface area contributed by atoms with Crippen molar-refractivity contribution < 1.29 is 4.79 Å². The molecule has 0 radical (unpaired) electrons. The lowest BCUT2D eigenvalue weighted by Gasteiger charge is -2.05. The Kier molecular flexibility index (Phi) is 4.68. The van der Waals surface area contributed by atoms with Crippen LogP contribution < -0.4 is 5.73 Å². The van der Waals surface area contributed by atoms with Crippen LogP contribution in [0.1, 0.15) is 38.1 Å². The molecule has 0 fully saturated rings. The topological polar surface area (TPSA) is 60.9 Å². The van der Waals surface area contributed by atoms with Crippen molar-refractivity contribution in [3.05, 3.63) is 17.5 Å². The maximum atomic E-state index is 11.7. The van der Waals surface area contributed by atoms with Crippen LogP contribution in [0.5, 0.6) is 0 Å². The van der Waals surface area contributed by atoms with Gasteiger partial charge in [0.05, 0.1) is 5.69 Å². The standard InChI is InChI=1S/C12H21N3O/c1-4-15-11(7-10(3)14-15)8-12(16)6-5-9(2)13/h7,9H,4-6,8,13H2,1-3H3. The van der Waals surface area contributed by atoms with E-state index in [0.29, 0.717) is 12.8 Å². The first-order chi connectivity index (χ1) is 7.52. The van der Waals surface area contributed by atoms with E-state index >= 15 is 0 Å².